The third-order valence-electron chi connectivity index (χ3n) is 2.38. The van der Waals surface area contributed by atoms with E-state index in [9.17, 15) is 18.0 Å². The lowest BCUT2D eigenvalue weighted by atomic mass is 10.1. The van der Waals surface area contributed by atoms with Crippen LogP contribution in [0.3, 0.4) is 0 Å². The summed E-state index contributed by atoms with van der Waals surface area (Å²) in [5.74, 6) is 0. The fraction of sp³-hybridized carbons (Fsp3) is 0.400. The van der Waals surface area contributed by atoms with E-state index in [-0.39, 0.29) is 17.1 Å². The largest absolute Gasteiger partial charge is 0.444 e. The smallest absolute Gasteiger partial charge is 0.416 e. The van der Waals surface area contributed by atoms with E-state index in [1.807, 2.05) is 0 Å². The summed E-state index contributed by atoms with van der Waals surface area (Å²) in [4.78, 5) is 11.4. The van der Waals surface area contributed by atoms with Crippen molar-refractivity contribution < 1.29 is 22.7 Å². The van der Waals surface area contributed by atoms with Crippen LogP contribution in [0.2, 0.25) is 5.02 Å². The summed E-state index contributed by atoms with van der Waals surface area (Å²) in [6.07, 6.45) is -2.13. The molecule has 0 spiro atoms. The Hall–Kier alpha value is -1.69. The summed E-state index contributed by atoms with van der Waals surface area (Å²) >= 11 is 5.84. The number of ether oxygens (including phenoxy) is 1. The van der Waals surface area contributed by atoms with Gasteiger partial charge in [0.15, 0.2) is 0 Å². The van der Waals surface area contributed by atoms with Crippen molar-refractivity contribution in [1.29, 1.82) is 0 Å². The quantitative estimate of drug-likeness (QED) is 0.853. The normalized spacial score (nSPS) is 12.5. The summed E-state index contributed by atoms with van der Waals surface area (Å²) in [5.41, 5.74) is -1.17. The van der Waals surface area contributed by atoms with Gasteiger partial charge < -0.3 is 10.1 Å². The van der Waals surface area contributed by atoms with E-state index >= 15 is 0 Å². The van der Waals surface area contributed by atoms with Crippen LogP contribution in [0.4, 0.5) is 18.0 Å². The molecule has 0 aliphatic heterocycles. The van der Waals surface area contributed by atoms with Gasteiger partial charge in [0.1, 0.15) is 5.60 Å². The Kier molecular flexibility index (Phi) is 5.88. The Labute approximate surface area is 132 Å². The van der Waals surface area contributed by atoms with Crippen molar-refractivity contribution in [2.45, 2.75) is 32.5 Å². The first-order valence-corrected chi connectivity index (χ1v) is 6.87. The zero-order valence-corrected chi connectivity index (χ0v) is 13.2. The SMILES string of the molecule is CC(C)(C)OC(=O)NCC=Cc1cc(C(F)(F)F)ccc1Cl. The minimum Gasteiger partial charge on any atom is -0.444 e. The van der Waals surface area contributed by atoms with Gasteiger partial charge in [-0.1, -0.05) is 23.8 Å². The van der Waals surface area contributed by atoms with Crippen molar-refractivity contribution in [2.24, 2.45) is 0 Å². The van der Waals surface area contributed by atoms with Gasteiger partial charge in [-0.15, -0.1) is 0 Å². The number of hydrogen-bond acceptors (Lipinski definition) is 2. The number of carbonyl (C=O) groups is 1. The fourth-order valence-corrected chi connectivity index (χ4v) is 1.67. The van der Waals surface area contributed by atoms with Crippen molar-refractivity contribution in [3.63, 3.8) is 0 Å². The number of benzene rings is 1. The third kappa shape index (κ3) is 6.39. The second-order valence-electron chi connectivity index (χ2n) is 5.52. The lowest BCUT2D eigenvalue weighted by molar-refractivity contribution is -0.137. The second kappa shape index (κ2) is 7.05. The van der Waals surface area contributed by atoms with Crippen LogP contribution in [0, 0.1) is 0 Å². The molecule has 22 heavy (non-hydrogen) atoms. The predicted octanol–water partition coefficient (Wildman–Crippen LogP) is 4.90. The van der Waals surface area contributed by atoms with E-state index in [1.165, 1.54) is 18.2 Å². The molecule has 122 valence electrons. The molecule has 7 heteroatoms. The number of halogens is 4. The zero-order chi connectivity index (χ0) is 17.0. The molecule has 1 aromatic carbocycles. The van der Waals surface area contributed by atoms with Gasteiger partial charge in [0.2, 0.25) is 0 Å². The number of nitrogens with one attached hydrogen (secondary N) is 1. The van der Waals surface area contributed by atoms with E-state index in [0.717, 1.165) is 12.1 Å². The van der Waals surface area contributed by atoms with Gasteiger partial charge in [0, 0.05) is 11.6 Å². The highest BCUT2D eigenvalue weighted by molar-refractivity contribution is 6.32. The number of hydrogen-bond donors (Lipinski definition) is 1. The molecule has 0 saturated carbocycles. The molecule has 0 heterocycles. The lowest BCUT2D eigenvalue weighted by Crippen LogP contribution is -2.32. The van der Waals surface area contributed by atoms with Gasteiger partial charge in [-0.3, -0.25) is 0 Å². The van der Waals surface area contributed by atoms with Crippen molar-refractivity contribution in [1.82, 2.24) is 5.32 Å². The van der Waals surface area contributed by atoms with Crippen LogP contribution >= 0.6 is 11.6 Å². The van der Waals surface area contributed by atoms with Crippen molar-refractivity contribution in [3.05, 3.63) is 40.4 Å². The number of amides is 1. The van der Waals surface area contributed by atoms with Gasteiger partial charge in [-0.25, -0.2) is 4.79 Å². The molecule has 0 unspecified atom stereocenters. The average molecular weight is 336 g/mol. The average Bonchev–Trinajstić information content (AvgIpc) is 2.33. The Balaban J connectivity index is 2.65. The number of alkyl carbamates (subject to hydrolysis) is 1. The van der Waals surface area contributed by atoms with Gasteiger partial charge in [-0.05, 0) is 44.5 Å². The van der Waals surface area contributed by atoms with Crippen LogP contribution in [-0.4, -0.2) is 18.2 Å². The summed E-state index contributed by atoms with van der Waals surface area (Å²) in [5, 5.41) is 2.66. The maximum absolute atomic E-state index is 12.6. The summed E-state index contributed by atoms with van der Waals surface area (Å²) in [7, 11) is 0. The highest BCUT2D eigenvalue weighted by Crippen LogP contribution is 2.32. The molecule has 0 aromatic heterocycles. The predicted molar refractivity (Wildman–Crippen MR) is 79.7 cm³/mol. The van der Waals surface area contributed by atoms with E-state index in [2.05, 4.69) is 5.32 Å². The molecule has 0 radical (unpaired) electrons. The molecule has 0 aliphatic rings. The molecule has 0 atom stereocenters. The Bertz CT molecular complexity index is 563. The number of alkyl halides is 3. The van der Waals surface area contributed by atoms with Gasteiger partial charge in [0.05, 0.1) is 5.56 Å². The van der Waals surface area contributed by atoms with Crippen LogP contribution in [0.1, 0.15) is 31.9 Å². The van der Waals surface area contributed by atoms with Crippen LogP contribution in [0.15, 0.2) is 24.3 Å². The topological polar surface area (TPSA) is 38.3 Å². The van der Waals surface area contributed by atoms with E-state index < -0.39 is 23.4 Å². The summed E-state index contributed by atoms with van der Waals surface area (Å²) in [6, 6.07) is 3.05. The molecule has 3 nitrogen and oxygen atoms in total. The fourth-order valence-electron chi connectivity index (χ4n) is 1.49. The molecule has 1 aromatic rings. The van der Waals surface area contributed by atoms with Crippen molar-refractivity contribution >= 4 is 23.8 Å². The Morgan fingerprint density at radius 3 is 2.50 bits per heavy atom. The molecular weight excluding hydrogens is 319 g/mol. The van der Waals surface area contributed by atoms with Crippen LogP contribution in [-0.2, 0) is 10.9 Å². The van der Waals surface area contributed by atoms with Gasteiger partial charge in [-0.2, -0.15) is 13.2 Å². The minimum absolute atomic E-state index is 0.113. The van der Waals surface area contributed by atoms with Crippen LogP contribution < -0.4 is 5.32 Å². The third-order valence-corrected chi connectivity index (χ3v) is 2.73. The van der Waals surface area contributed by atoms with Gasteiger partial charge >= 0.3 is 12.3 Å². The monoisotopic (exact) mass is 335 g/mol. The molecule has 0 bridgehead atoms. The molecule has 0 saturated heterocycles. The first-order valence-electron chi connectivity index (χ1n) is 6.49. The molecule has 0 aliphatic carbocycles. The van der Waals surface area contributed by atoms with E-state index in [0.29, 0.717) is 0 Å². The van der Waals surface area contributed by atoms with Crippen LogP contribution in [0.25, 0.3) is 6.08 Å². The molecular formula is C15H17ClF3NO2. The second-order valence-corrected chi connectivity index (χ2v) is 5.93. The first kappa shape index (κ1) is 18.4. The summed E-state index contributed by atoms with van der Waals surface area (Å²) in [6.45, 7) is 5.29. The molecule has 1 rings (SSSR count). The lowest BCUT2D eigenvalue weighted by Gasteiger charge is -2.19. The Morgan fingerprint density at radius 1 is 1.32 bits per heavy atom. The van der Waals surface area contributed by atoms with E-state index in [4.69, 9.17) is 16.3 Å². The maximum atomic E-state index is 12.6. The molecule has 1 N–H and O–H groups in total. The van der Waals surface area contributed by atoms with Crippen LogP contribution in [0.5, 0.6) is 0 Å². The standard InChI is InChI=1S/C15H17ClF3NO2/c1-14(2,3)22-13(21)20-8-4-5-10-9-11(15(17,18)19)6-7-12(10)16/h4-7,9H,8H2,1-3H3,(H,20,21). The molecule has 0 fully saturated rings. The number of rotatable bonds is 3. The summed E-state index contributed by atoms with van der Waals surface area (Å²) < 4.78 is 42.9. The Morgan fingerprint density at radius 2 is 1.95 bits per heavy atom. The maximum Gasteiger partial charge on any atom is 0.416 e. The zero-order valence-electron chi connectivity index (χ0n) is 12.4. The van der Waals surface area contributed by atoms with E-state index in [1.54, 1.807) is 20.8 Å². The minimum atomic E-state index is -4.43. The molecule has 1 amide bonds. The highest BCUT2D eigenvalue weighted by Gasteiger charge is 2.30. The highest BCUT2D eigenvalue weighted by atomic mass is 35.5. The van der Waals surface area contributed by atoms with Crippen molar-refractivity contribution in [2.75, 3.05) is 6.54 Å². The number of carbonyl (C=O) groups excluding carboxylic acids is 1. The van der Waals surface area contributed by atoms with Gasteiger partial charge in [0.25, 0.3) is 0 Å². The van der Waals surface area contributed by atoms with Crippen molar-refractivity contribution in [3.8, 4) is 0 Å². The first-order chi connectivity index (χ1) is 9.99.